The van der Waals surface area contributed by atoms with Crippen molar-refractivity contribution in [2.45, 2.75) is 26.7 Å². The highest BCUT2D eigenvalue weighted by Crippen LogP contribution is 1.97. The van der Waals surface area contributed by atoms with Gasteiger partial charge in [0.15, 0.2) is 0 Å². The van der Waals surface area contributed by atoms with Crippen LogP contribution in [0, 0.1) is 5.92 Å². The minimum atomic E-state index is -0.0805. The van der Waals surface area contributed by atoms with Crippen LogP contribution in [-0.2, 0) is 9.59 Å². The van der Waals surface area contributed by atoms with Gasteiger partial charge in [-0.25, -0.2) is 0 Å². The first-order valence-electron chi connectivity index (χ1n) is 5.15. The molecular formula is C10H19ClN2O2. The largest absolute Gasteiger partial charge is 0.354 e. The highest BCUT2D eigenvalue weighted by Gasteiger charge is 2.03. The van der Waals surface area contributed by atoms with E-state index < -0.39 is 0 Å². The van der Waals surface area contributed by atoms with Gasteiger partial charge in [-0.3, -0.25) is 9.59 Å². The van der Waals surface area contributed by atoms with E-state index in [1.807, 2.05) is 13.8 Å². The molecular weight excluding hydrogens is 216 g/mol. The molecule has 5 heteroatoms. The number of alkyl halides is 1. The smallest absolute Gasteiger partial charge is 0.221 e. The Morgan fingerprint density at radius 2 is 1.67 bits per heavy atom. The van der Waals surface area contributed by atoms with E-state index in [-0.39, 0.29) is 11.8 Å². The number of rotatable bonds is 7. The van der Waals surface area contributed by atoms with Gasteiger partial charge in [0.2, 0.25) is 11.8 Å². The molecule has 0 aliphatic rings. The molecule has 0 fully saturated rings. The van der Waals surface area contributed by atoms with Gasteiger partial charge in [0, 0.05) is 31.8 Å². The second kappa shape index (κ2) is 8.53. The van der Waals surface area contributed by atoms with Crippen LogP contribution < -0.4 is 10.6 Å². The van der Waals surface area contributed by atoms with Gasteiger partial charge >= 0.3 is 0 Å². The second-order valence-electron chi connectivity index (χ2n) is 3.74. The Kier molecular flexibility index (Phi) is 8.09. The third kappa shape index (κ3) is 9.53. The van der Waals surface area contributed by atoms with E-state index in [1.165, 1.54) is 0 Å². The topological polar surface area (TPSA) is 58.2 Å². The molecule has 4 nitrogen and oxygen atoms in total. The van der Waals surface area contributed by atoms with Crippen molar-refractivity contribution in [1.29, 1.82) is 0 Å². The van der Waals surface area contributed by atoms with Crippen molar-refractivity contribution in [2.24, 2.45) is 5.92 Å². The summed E-state index contributed by atoms with van der Waals surface area (Å²) in [5.74, 6) is 0.626. The monoisotopic (exact) mass is 234 g/mol. The zero-order chi connectivity index (χ0) is 11.7. The summed E-state index contributed by atoms with van der Waals surface area (Å²) < 4.78 is 0. The van der Waals surface area contributed by atoms with E-state index >= 15 is 0 Å². The lowest BCUT2D eigenvalue weighted by atomic mass is 10.1. The number of hydrogen-bond acceptors (Lipinski definition) is 2. The second-order valence-corrected chi connectivity index (χ2v) is 4.11. The lowest BCUT2D eigenvalue weighted by Crippen LogP contribution is -2.35. The lowest BCUT2D eigenvalue weighted by molar-refractivity contribution is -0.123. The predicted octanol–water partition coefficient (Wildman–Crippen LogP) is 0.894. The van der Waals surface area contributed by atoms with Gasteiger partial charge in [0.05, 0.1) is 0 Å². The summed E-state index contributed by atoms with van der Waals surface area (Å²) in [5, 5.41) is 5.38. The zero-order valence-corrected chi connectivity index (χ0v) is 10.1. The number of nitrogens with one attached hydrogen (secondary N) is 2. The molecule has 0 aromatic rings. The molecule has 0 atom stereocenters. The minimum absolute atomic E-state index is 0.0246. The van der Waals surface area contributed by atoms with Crippen LogP contribution >= 0.6 is 11.6 Å². The number of halogens is 1. The Bertz CT molecular complexity index is 208. The van der Waals surface area contributed by atoms with Crippen LogP contribution in [-0.4, -0.2) is 30.8 Å². The van der Waals surface area contributed by atoms with Gasteiger partial charge < -0.3 is 10.6 Å². The van der Waals surface area contributed by atoms with Crippen LogP contribution in [0.5, 0.6) is 0 Å². The van der Waals surface area contributed by atoms with E-state index in [9.17, 15) is 9.59 Å². The van der Waals surface area contributed by atoms with Gasteiger partial charge in [-0.05, 0) is 5.92 Å². The van der Waals surface area contributed by atoms with E-state index in [2.05, 4.69) is 10.6 Å². The summed E-state index contributed by atoms with van der Waals surface area (Å²) in [6, 6.07) is 0. The predicted molar refractivity (Wildman–Crippen MR) is 60.8 cm³/mol. The lowest BCUT2D eigenvalue weighted by Gasteiger charge is -2.07. The Morgan fingerprint density at radius 3 is 2.13 bits per heavy atom. The van der Waals surface area contributed by atoms with Crippen molar-refractivity contribution in [2.75, 3.05) is 19.0 Å². The molecule has 0 heterocycles. The summed E-state index contributed by atoms with van der Waals surface area (Å²) >= 11 is 5.39. The molecule has 0 aromatic heterocycles. The maximum Gasteiger partial charge on any atom is 0.221 e. The normalized spacial score (nSPS) is 10.1. The maximum absolute atomic E-state index is 11.2. The average molecular weight is 235 g/mol. The highest BCUT2D eigenvalue weighted by molar-refractivity contribution is 6.18. The molecule has 0 saturated heterocycles. The van der Waals surface area contributed by atoms with Crippen molar-refractivity contribution in [1.82, 2.24) is 10.6 Å². The van der Waals surface area contributed by atoms with Crippen molar-refractivity contribution in [3.8, 4) is 0 Å². The summed E-state index contributed by atoms with van der Waals surface area (Å²) in [7, 11) is 0. The van der Waals surface area contributed by atoms with Crippen LogP contribution in [0.25, 0.3) is 0 Å². The molecule has 0 aromatic carbocycles. The number of amides is 2. The Balaban J connectivity index is 3.38. The Labute approximate surface area is 95.7 Å². The molecule has 0 aliphatic carbocycles. The van der Waals surface area contributed by atoms with Crippen LogP contribution in [0.15, 0.2) is 0 Å². The van der Waals surface area contributed by atoms with Crippen LogP contribution in [0.3, 0.4) is 0 Å². The van der Waals surface area contributed by atoms with E-state index in [0.29, 0.717) is 37.7 Å². The van der Waals surface area contributed by atoms with Gasteiger partial charge in [-0.15, -0.1) is 11.6 Å². The molecule has 2 N–H and O–H groups in total. The molecule has 0 bridgehead atoms. The molecule has 0 rings (SSSR count). The van der Waals surface area contributed by atoms with Crippen LogP contribution in [0.1, 0.15) is 26.7 Å². The summed E-state index contributed by atoms with van der Waals surface area (Å²) in [6.07, 6.45) is 0.844. The van der Waals surface area contributed by atoms with Crippen LogP contribution in [0.2, 0.25) is 0 Å². The number of carbonyl (C=O) groups excluding carboxylic acids is 2. The Hall–Kier alpha value is -0.770. The first kappa shape index (κ1) is 14.2. The zero-order valence-electron chi connectivity index (χ0n) is 9.31. The standard InChI is InChI=1S/C10H19ClN2O2/c1-8(2)7-10(15)13-6-5-12-9(14)3-4-11/h8H,3-7H2,1-2H3,(H,12,14)(H,13,15). The third-order valence-electron chi connectivity index (χ3n) is 1.68. The van der Waals surface area contributed by atoms with Crippen molar-refractivity contribution in [3.05, 3.63) is 0 Å². The maximum atomic E-state index is 11.2. The highest BCUT2D eigenvalue weighted by atomic mass is 35.5. The fourth-order valence-corrected chi connectivity index (χ4v) is 1.19. The minimum Gasteiger partial charge on any atom is -0.354 e. The SMILES string of the molecule is CC(C)CC(=O)NCCNC(=O)CCCl. The Morgan fingerprint density at radius 1 is 1.13 bits per heavy atom. The quantitative estimate of drug-likeness (QED) is 0.508. The molecule has 0 spiro atoms. The molecule has 0 unspecified atom stereocenters. The summed E-state index contributed by atoms with van der Waals surface area (Å²) in [5.41, 5.74) is 0. The summed E-state index contributed by atoms with van der Waals surface area (Å²) in [6.45, 7) is 4.91. The molecule has 0 aliphatic heterocycles. The van der Waals surface area contributed by atoms with E-state index in [4.69, 9.17) is 11.6 Å². The summed E-state index contributed by atoms with van der Waals surface area (Å²) in [4.78, 5) is 22.1. The fourth-order valence-electron chi connectivity index (χ4n) is 1.02. The molecule has 0 saturated carbocycles. The van der Waals surface area contributed by atoms with Gasteiger partial charge in [0.1, 0.15) is 0 Å². The first-order valence-corrected chi connectivity index (χ1v) is 5.69. The van der Waals surface area contributed by atoms with Gasteiger partial charge in [-0.1, -0.05) is 13.8 Å². The number of carbonyl (C=O) groups is 2. The van der Waals surface area contributed by atoms with Gasteiger partial charge in [-0.2, -0.15) is 0 Å². The molecule has 0 radical (unpaired) electrons. The molecule has 15 heavy (non-hydrogen) atoms. The van der Waals surface area contributed by atoms with Crippen LogP contribution in [0.4, 0.5) is 0 Å². The molecule has 2 amide bonds. The first-order chi connectivity index (χ1) is 7.06. The van der Waals surface area contributed by atoms with Crippen molar-refractivity contribution >= 4 is 23.4 Å². The van der Waals surface area contributed by atoms with E-state index in [0.717, 1.165) is 0 Å². The fraction of sp³-hybridized carbons (Fsp3) is 0.800. The number of hydrogen-bond donors (Lipinski definition) is 2. The van der Waals surface area contributed by atoms with Gasteiger partial charge in [0.25, 0.3) is 0 Å². The van der Waals surface area contributed by atoms with E-state index in [1.54, 1.807) is 0 Å². The average Bonchev–Trinajstić information content (AvgIpc) is 2.12. The molecule has 88 valence electrons. The van der Waals surface area contributed by atoms with Crippen molar-refractivity contribution < 1.29 is 9.59 Å². The van der Waals surface area contributed by atoms with Crippen molar-refractivity contribution in [3.63, 3.8) is 0 Å². The third-order valence-corrected chi connectivity index (χ3v) is 1.87.